The molecular weight excluding hydrogens is 234 g/mol. The number of aliphatic hydroxyl groups excluding tert-OH is 1. The van der Waals surface area contributed by atoms with Crippen LogP contribution in [0.1, 0.15) is 46.5 Å². The van der Waals surface area contributed by atoms with Crippen LogP contribution in [0.25, 0.3) is 0 Å². The lowest BCUT2D eigenvalue weighted by Gasteiger charge is -2.19. The average molecular weight is 259 g/mol. The molecule has 5 nitrogen and oxygen atoms in total. The zero-order valence-electron chi connectivity index (χ0n) is 11.7. The van der Waals surface area contributed by atoms with Crippen LogP contribution in [-0.2, 0) is 14.3 Å². The SMILES string of the molecule is CCCC[C@H](NC(=O)[C@@H](O)CC(C)C)C(=O)OC. The molecule has 0 aliphatic heterocycles. The highest BCUT2D eigenvalue weighted by molar-refractivity contribution is 5.86. The summed E-state index contributed by atoms with van der Waals surface area (Å²) in [6.07, 6.45) is 1.59. The predicted molar refractivity (Wildman–Crippen MR) is 68.9 cm³/mol. The van der Waals surface area contributed by atoms with Crippen LogP contribution in [0, 0.1) is 5.92 Å². The number of hydrogen-bond donors (Lipinski definition) is 2. The third-order valence-corrected chi connectivity index (χ3v) is 2.65. The van der Waals surface area contributed by atoms with Gasteiger partial charge in [0.1, 0.15) is 12.1 Å². The molecule has 1 amide bonds. The van der Waals surface area contributed by atoms with Gasteiger partial charge >= 0.3 is 5.97 Å². The van der Waals surface area contributed by atoms with Gasteiger partial charge in [-0.25, -0.2) is 4.79 Å². The van der Waals surface area contributed by atoms with E-state index in [4.69, 9.17) is 0 Å². The van der Waals surface area contributed by atoms with E-state index in [0.717, 1.165) is 12.8 Å². The number of rotatable bonds is 8. The molecule has 0 aromatic rings. The van der Waals surface area contributed by atoms with E-state index in [2.05, 4.69) is 10.1 Å². The number of nitrogens with one attached hydrogen (secondary N) is 1. The van der Waals surface area contributed by atoms with Crippen molar-refractivity contribution in [2.24, 2.45) is 5.92 Å². The topological polar surface area (TPSA) is 75.6 Å². The zero-order chi connectivity index (χ0) is 14.1. The van der Waals surface area contributed by atoms with Gasteiger partial charge in [0.25, 0.3) is 0 Å². The molecule has 0 bridgehead atoms. The number of amides is 1. The summed E-state index contributed by atoms with van der Waals surface area (Å²) >= 11 is 0. The molecular formula is C13H25NO4. The first kappa shape index (κ1) is 16.9. The smallest absolute Gasteiger partial charge is 0.328 e. The monoisotopic (exact) mass is 259 g/mol. The molecule has 0 saturated heterocycles. The van der Waals surface area contributed by atoms with Gasteiger partial charge in [-0.3, -0.25) is 4.79 Å². The van der Waals surface area contributed by atoms with E-state index in [1.54, 1.807) is 0 Å². The van der Waals surface area contributed by atoms with Gasteiger partial charge in [0.2, 0.25) is 5.91 Å². The van der Waals surface area contributed by atoms with Gasteiger partial charge in [-0.15, -0.1) is 0 Å². The Morgan fingerprint density at radius 1 is 1.33 bits per heavy atom. The fraction of sp³-hybridized carbons (Fsp3) is 0.846. The molecule has 0 rings (SSSR count). The van der Waals surface area contributed by atoms with E-state index in [9.17, 15) is 14.7 Å². The third-order valence-electron chi connectivity index (χ3n) is 2.65. The lowest BCUT2D eigenvalue weighted by atomic mass is 10.0. The number of ether oxygens (including phenoxy) is 1. The molecule has 0 unspecified atom stereocenters. The Bertz CT molecular complexity index is 266. The molecule has 0 fully saturated rings. The minimum Gasteiger partial charge on any atom is -0.467 e. The lowest BCUT2D eigenvalue weighted by Crippen LogP contribution is -2.46. The van der Waals surface area contributed by atoms with Crippen molar-refractivity contribution in [3.05, 3.63) is 0 Å². The number of methoxy groups -OCH3 is 1. The summed E-state index contributed by atoms with van der Waals surface area (Å²) < 4.78 is 4.64. The summed E-state index contributed by atoms with van der Waals surface area (Å²) in [5, 5.41) is 12.2. The molecule has 0 saturated carbocycles. The van der Waals surface area contributed by atoms with Crippen molar-refractivity contribution in [2.45, 2.75) is 58.6 Å². The normalized spacial score (nSPS) is 14.1. The molecule has 2 N–H and O–H groups in total. The van der Waals surface area contributed by atoms with E-state index in [-0.39, 0.29) is 5.92 Å². The maximum absolute atomic E-state index is 11.7. The number of aliphatic hydroxyl groups is 1. The summed E-state index contributed by atoms with van der Waals surface area (Å²) in [6.45, 7) is 5.85. The predicted octanol–water partition coefficient (Wildman–Crippen LogP) is 1.24. The first-order valence-electron chi connectivity index (χ1n) is 6.48. The van der Waals surface area contributed by atoms with Gasteiger partial charge in [-0.1, -0.05) is 33.6 Å². The number of carbonyl (C=O) groups is 2. The van der Waals surface area contributed by atoms with Crippen molar-refractivity contribution in [1.29, 1.82) is 0 Å². The summed E-state index contributed by atoms with van der Waals surface area (Å²) in [4.78, 5) is 23.2. The Balaban J connectivity index is 4.37. The minimum atomic E-state index is -1.07. The van der Waals surface area contributed by atoms with Crippen LogP contribution in [0.15, 0.2) is 0 Å². The molecule has 0 aliphatic rings. The largest absolute Gasteiger partial charge is 0.467 e. The fourth-order valence-electron chi connectivity index (χ4n) is 1.62. The summed E-state index contributed by atoms with van der Waals surface area (Å²) in [7, 11) is 1.29. The Kier molecular flexibility index (Phi) is 8.37. The van der Waals surface area contributed by atoms with Gasteiger partial charge in [0, 0.05) is 0 Å². The second-order valence-electron chi connectivity index (χ2n) is 4.87. The molecule has 0 aromatic heterocycles. The summed E-state index contributed by atoms with van der Waals surface area (Å²) in [5.74, 6) is -0.748. The Hall–Kier alpha value is -1.10. The number of esters is 1. The van der Waals surface area contributed by atoms with E-state index in [0.29, 0.717) is 12.8 Å². The maximum Gasteiger partial charge on any atom is 0.328 e. The van der Waals surface area contributed by atoms with Crippen LogP contribution >= 0.6 is 0 Å². The molecule has 0 radical (unpaired) electrons. The van der Waals surface area contributed by atoms with Crippen molar-refractivity contribution in [3.8, 4) is 0 Å². The molecule has 18 heavy (non-hydrogen) atoms. The van der Waals surface area contributed by atoms with E-state index < -0.39 is 24.0 Å². The highest BCUT2D eigenvalue weighted by Gasteiger charge is 2.24. The highest BCUT2D eigenvalue weighted by atomic mass is 16.5. The van der Waals surface area contributed by atoms with E-state index in [1.165, 1.54) is 7.11 Å². The van der Waals surface area contributed by atoms with Crippen molar-refractivity contribution >= 4 is 11.9 Å². The summed E-state index contributed by atoms with van der Waals surface area (Å²) in [6, 6.07) is -0.663. The van der Waals surface area contributed by atoms with Crippen molar-refractivity contribution in [3.63, 3.8) is 0 Å². The molecule has 0 heterocycles. The van der Waals surface area contributed by atoms with Crippen LogP contribution in [0.5, 0.6) is 0 Å². The molecule has 0 aromatic carbocycles. The van der Waals surface area contributed by atoms with Gasteiger partial charge in [0.05, 0.1) is 7.11 Å². The number of hydrogen-bond acceptors (Lipinski definition) is 4. The molecule has 0 aliphatic carbocycles. The molecule has 0 spiro atoms. The van der Waals surface area contributed by atoms with Crippen LogP contribution in [0.4, 0.5) is 0 Å². The van der Waals surface area contributed by atoms with Crippen LogP contribution < -0.4 is 5.32 Å². The third kappa shape index (κ3) is 6.59. The second kappa shape index (κ2) is 8.91. The Morgan fingerprint density at radius 2 is 1.94 bits per heavy atom. The standard InChI is InChI=1S/C13H25NO4/c1-5-6-7-10(13(17)18-4)14-12(16)11(15)8-9(2)3/h9-11,15H,5-8H2,1-4H3,(H,14,16)/t10-,11-/m0/s1. The first-order chi connectivity index (χ1) is 8.42. The fourth-order valence-corrected chi connectivity index (χ4v) is 1.62. The molecule has 106 valence electrons. The highest BCUT2D eigenvalue weighted by Crippen LogP contribution is 2.07. The van der Waals surface area contributed by atoms with Crippen LogP contribution in [0.2, 0.25) is 0 Å². The maximum atomic E-state index is 11.7. The zero-order valence-corrected chi connectivity index (χ0v) is 11.7. The van der Waals surface area contributed by atoms with Gasteiger partial charge in [0.15, 0.2) is 0 Å². The van der Waals surface area contributed by atoms with Crippen molar-refractivity contribution < 1.29 is 19.4 Å². The Labute approximate surface area is 109 Å². The van der Waals surface area contributed by atoms with Gasteiger partial charge in [-0.2, -0.15) is 0 Å². The first-order valence-corrected chi connectivity index (χ1v) is 6.48. The van der Waals surface area contributed by atoms with Crippen molar-refractivity contribution in [1.82, 2.24) is 5.32 Å². The van der Waals surface area contributed by atoms with Crippen molar-refractivity contribution in [2.75, 3.05) is 7.11 Å². The number of carbonyl (C=O) groups excluding carboxylic acids is 2. The molecule has 5 heteroatoms. The van der Waals surface area contributed by atoms with Crippen LogP contribution in [0.3, 0.4) is 0 Å². The van der Waals surface area contributed by atoms with E-state index in [1.807, 2.05) is 20.8 Å². The average Bonchev–Trinajstić information content (AvgIpc) is 2.32. The van der Waals surface area contributed by atoms with E-state index >= 15 is 0 Å². The quantitative estimate of drug-likeness (QED) is 0.643. The number of unbranched alkanes of at least 4 members (excludes halogenated alkanes) is 1. The molecule has 2 atom stereocenters. The van der Waals surface area contributed by atoms with Gasteiger partial charge in [-0.05, 0) is 18.8 Å². The Morgan fingerprint density at radius 3 is 2.39 bits per heavy atom. The van der Waals surface area contributed by atoms with Crippen LogP contribution in [-0.4, -0.2) is 36.2 Å². The lowest BCUT2D eigenvalue weighted by molar-refractivity contribution is -0.146. The minimum absolute atomic E-state index is 0.220. The second-order valence-corrected chi connectivity index (χ2v) is 4.87. The van der Waals surface area contributed by atoms with Gasteiger partial charge < -0.3 is 15.2 Å². The summed E-state index contributed by atoms with van der Waals surface area (Å²) in [5.41, 5.74) is 0.